The van der Waals surface area contributed by atoms with Gasteiger partial charge >= 0.3 is 343 Å². The van der Waals surface area contributed by atoms with Crippen LogP contribution in [-0.2, 0) is 12.8 Å². The summed E-state index contributed by atoms with van der Waals surface area (Å²) in [5.74, 6) is 0. The SMILES string of the molecule is CCCCCCCCCCc1c[c]([Sn]([CH3])([CH3])[CH3])sc1-c1cc2ccc3c(ccc4cc(-c5s[c]([Sn]([CH3])([CH3])[CH3])cc5CCCCCCCCCC)sc43)c2s1. The van der Waals surface area contributed by atoms with E-state index < -0.39 is 36.8 Å². The molecule has 0 amide bonds. The van der Waals surface area contributed by atoms with Gasteiger partial charge in [0, 0.05) is 0 Å². The number of benzene rings is 2. The fourth-order valence-corrected chi connectivity index (χ4v) is 23.5. The average molecular weight is 1010 g/mol. The molecule has 54 heavy (non-hydrogen) atoms. The van der Waals surface area contributed by atoms with Crippen molar-refractivity contribution in [3.8, 4) is 19.5 Å². The third kappa shape index (κ3) is 11.0. The zero-order chi connectivity index (χ0) is 38.3. The van der Waals surface area contributed by atoms with Crippen LogP contribution in [-0.4, -0.2) is 36.8 Å². The number of hydrogen-bond donors (Lipinski definition) is 0. The van der Waals surface area contributed by atoms with E-state index in [1.165, 1.54) is 156 Å². The Morgan fingerprint density at radius 2 is 0.759 bits per heavy atom. The quantitative estimate of drug-likeness (QED) is 0.0470. The molecule has 2 aromatic carbocycles. The zero-order valence-electron chi connectivity index (χ0n) is 35.0. The molecule has 4 aromatic heterocycles. The maximum absolute atomic E-state index is 2.65. The van der Waals surface area contributed by atoms with E-state index in [0.29, 0.717) is 0 Å². The second-order valence-corrected chi connectivity index (χ2v) is 53.2. The van der Waals surface area contributed by atoms with Crippen molar-refractivity contribution in [3.05, 3.63) is 59.7 Å². The van der Waals surface area contributed by atoms with Crippen molar-refractivity contribution in [2.24, 2.45) is 0 Å². The van der Waals surface area contributed by atoms with Crippen LogP contribution in [0.2, 0.25) is 29.6 Å². The molecule has 0 radical (unpaired) electrons. The normalized spacial score (nSPS) is 12.7. The van der Waals surface area contributed by atoms with Gasteiger partial charge in [-0.05, 0) is 0 Å². The van der Waals surface area contributed by atoms with E-state index in [1.807, 2.05) is 0 Å². The minimum absolute atomic E-state index is 1.24. The molecular formula is C48H68S4Sn2. The Balaban J connectivity index is 1.26. The predicted molar refractivity (Wildman–Crippen MR) is 260 cm³/mol. The Morgan fingerprint density at radius 3 is 1.11 bits per heavy atom. The molecule has 4 heterocycles. The minimum atomic E-state index is -2.19. The Labute approximate surface area is 353 Å². The van der Waals surface area contributed by atoms with E-state index in [2.05, 4.69) is 137 Å². The first-order chi connectivity index (χ1) is 26.0. The van der Waals surface area contributed by atoms with Gasteiger partial charge in [0.15, 0.2) is 0 Å². The molecule has 0 aliphatic rings. The van der Waals surface area contributed by atoms with Crippen LogP contribution in [0.5, 0.6) is 0 Å². The monoisotopic (exact) mass is 1010 g/mol. The number of unbranched alkanes of at least 4 members (excludes halogenated alkanes) is 14. The molecule has 0 unspecified atom stereocenters. The van der Waals surface area contributed by atoms with Gasteiger partial charge in [0.05, 0.1) is 0 Å². The first-order valence-corrected chi connectivity index (χ1v) is 44.9. The van der Waals surface area contributed by atoms with Crippen molar-refractivity contribution < 1.29 is 0 Å². The molecule has 0 N–H and O–H groups in total. The predicted octanol–water partition coefficient (Wildman–Crippen LogP) is 17.2. The maximum atomic E-state index is 2.65. The Hall–Kier alpha value is -0.383. The van der Waals surface area contributed by atoms with Crippen molar-refractivity contribution in [3.63, 3.8) is 0 Å². The summed E-state index contributed by atoms with van der Waals surface area (Å²) in [7, 11) is 0. The second kappa shape index (κ2) is 20.1. The Morgan fingerprint density at radius 1 is 0.407 bits per heavy atom. The number of aryl methyl sites for hydroxylation is 2. The van der Waals surface area contributed by atoms with Gasteiger partial charge in [-0.3, -0.25) is 0 Å². The van der Waals surface area contributed by atoms with Crippen LogP contribution in [0.15, 0.2) is 48.5 Å². The molecule has 0 bridgehead atoms. The first-order valence-electron chi connectivity index (χ1n) is 21.6. The summed E-state index contributed by atoms with van der Waals surface area (Å²) in [5.41, 5.74) is 3.26. The summed E-state index contributed by atoms with van der Waals surface area (Å²) < 4.78 is 6.42. The van der Waals surface area contributed by atoms with Crippen molar-refractivity contribution in [2.45, 2.75) is 159 Å². The van der Waals surface area contributed by atoms with E-state index in [-0.39, 0.29) is 0 Å². The van der Waals surface area contributed by atoms with Crippen LogP contribution < -0.4 is 5.79 Å². The number of hydrogen-bond acceptors (Lipinski definition) is 4. The van der Waals surface area contributed by atoms with Crippen LogP contribution in [0.4, 0.5) is 0 Å². The van der Waals surface area contributed by atoms with Gasteiger partial charge in [0.2, 0.25) is 0 Å². The van der Waals surface area contributed by atoms with E-state index in [9.17, 15) is 0 Å². The summed E-state index contributed by atoms with van der Waals surface area (Å²) in [5, 5.41) is 5.72. The second-order valence-electron chi connectivity index (χ2n) is 18.2. The molecule has 0 saturated carbocycles. The fraction of sp³-hybridized carbons (Fsp3) is 0.542. The van der Waals surface area contributed by atoms with Crippen molar-refractivity contribution in [2.75, 3.05) is 0 Å². The van der Waals surface area contributed by atoms with Crippen molar-refractivity contribution in [1.29, 1.82) is 0 Å². The molecule has 0 nitrogen and oxygen atoms in total. The van der Waals surface area contributed by atoms with Crippen LogP contribution in [0.25, 0.3) is 50.5 Å². The summed E-state index contributed by atoms with van der Waals surface area (Å²) >= 11 is 4.03. The van der Waals surface area contributed by atoms with Crippen molar-refractivity contribution >= 4 is 119 Å². The Kier molecular flexibility index (Phi) is 16.0. The molecule has 0 aliphatic heterocycles. The molecular weight excluding hydrogens is 942 g/mol. The molecule has 6 rings (SSSR count). The van der Waals surface area contributed by atoms with E-state index in [4.69, 9.17) is 0 Å². The molecule has 0 fully saturated rings. The average Bonchev–Trinajstić information content (AvgIpc) is 3.94. The van der Waals surface area contributed by atoms with Gasteiger partial charge in [-0.2, -0.15) is 0 Å². The summed E-state index contributed by atoms with van der Waals surface area (Å²) in [6, 6.07) is 20.1. The first kappa shape index (κ1) is 43.2. The third-order valence-electron chi connectivity index (χ3n) is 11.3. The number of fused-ring (bicyclic) bond motifs is 5. The van der Waals surface area contributed by atoms with Crippen molar-refractivity contribution in [1.82, 2.24) is 0 Å². The van der Waals surface area contributed by atoms with E-state index in [1.54, 1.807) is 26.7 Å². The summed E-state index contributed by atoms with van der Waals surface area (Å²) in [6.07, 6.45) is 24.7. The van der Waals surface area contributed by atoms with Gasteiger partial charge in [0.1, 0.15) is 0 Å². The van der Waals surface area contributed by atoms with Gasteiger partial charge in [-0.25, -0.2) is 0 Å². The molecule has 0 saturated heterocycles. The van der Waals surface area contributed by atoms with E-state index >= 15 is 0 Å². The molecule has 292 valence electrons. The van der Waals surface area contributed by atoms with Gasteiger partial charge < -0.3 is 0 Å². The topological polar surface area (TPSA) is 0 Å². The molecule has 0 aliphatic carbocycles. The van der Waals surface area contributed by atoms with Crippen LogP contribution in [0.1, 0.15) is 128 Å². The summed E-state index contributed by atoms with van der Waals surface area (Å²) in [4.78, 5) is 21.7. The standard InChI is InChI=1S/C42H50S4.6CH3.2Sn/c1-3-5-7-9-11-13-15-17-19-31-25-27-43-41(31)37-29-33-21-23-36-35(39(33)45-37)24-22-34-30-38(46-40(34)36)42-32(26-28-44-42)20-18-16-14-12-10-8-6-4-2;;;;;;;;/h21-26,29-30H,3-20H2,1-2H3;6*1H3;;. The number of thiophene rings is 4. The third-order valence-corrected chi connectivity index (χ3v) is 35.2. The molecule has 0 atom stereocenters. The summed E-state index contributed by atoms with van der Waals surface area (Å²) in [6.45, 7) is 4.63. The molecule has 6 heteroatoms. The van der Waals surface area contributed by atoms with Crippen LogP contribution in [0, 0.1) is 0 Å². The van der Waals surface area contributed by atoms with Crippen LogP contribution in [0.3, 0.4) is 0 Å². The molecule has 6 aromatic rings. The number of rotatable bonds is 22. The van der Waals surface area contributed by atoms with Crippen LogP contribution >= 0.6 is 45.3 Å². The zero-order valence-corrected chi connectivity index (χ0v) is 44.0. The van der Waals surface area contributed by atoms with E-state index in [0.717, 1.165) is 0 Å². The van der Waals surface area contributed by atoms with Gasteiger partial charge in [-0.1, -0.05) is 13.8 Å². The molecule has 0 spiro atoms. The van der Waals surface area contributed by atoms with Gasteiger partial charge in [-0.15, -0.1) is 0 Å². The van der Waals surface area contributed by atoms with Gasteiger partial charge in [0.25, 0.3) is 0 Å². The Bertz CT molecular complexity index is 1940. The fourth-order valence-electron chi connectivity index (χ4n) is 7.91.